The van der Waals surface area contributed by atoms with E-state index in [1.807, 2.05) is 6.07 Å². The molecule has 4 atom stereocenters. The van der Waals surface area contributed by atoms with Gasteiger partial charge in [0.15, 0.2) is 0 Å². The quantitative estimate of drug-likeness (QED) is 0.531. The second kappa shape index (κ2) is 10.6. The Morgan fingerprint density at radius 2 is 1.85 bits per heavy atom. The maximum absolute atomic E-state index is 13.5. The highest BCUT2D eigenvalue weighted by atomic mass is 16.6. The van der Waals surface area contributed by atoms with Crippen molar-refractivity contribution in [3.8, 4) is 6.07 Å². The van der Waals surface area contributed by atoms with Gasteiger partial charge in [-0.2, -0.15) is 5.26 Å². The minimum Gasteiger partial charge on any atom is -0.444 e. The van der Waals surface area contributed by atoms with Gasteiger partial charge in [-0.25, -0.2) is 4.79 Å². The van der Waals surface area contributed by atoms with Gasteiger partial charge < -0.3 is 25.6 Å². The Labute approximate surface area is 201 Å². The first-order valence-corrected chi connectivity index (χ1v) is 12.3. The summed E-state index contributed by atoms with van der Waals surface area (Å²) in [6, 6.07) is 0.439. The average molecular weight is 476 g/mol. The summed E-state index contributed by atoms with van der Waals surface area (Å²) in [6.07, 6.45) is 5.84. The topological polar surface area (TPSA) is 141 Å². The van der Waals surface area contributed by atoms with E-state index in [0.717, 1.165) is 32.1 Å². The van der Waals surface area contributed by atoms with E-state index in [-0.39, 0.29) is 30.2 Å². The summed E-state index contributed by atoms with van der Waals surface area (Å²) < 4.78 is 5.35. The zero-order valence-electron chi connectivity index (χ0n) is 20.4. The molecule has 1 saturated carbocycles. The van der Waals surface area contributed by atoms with Crippen molar-refractivity contribution in [3.05, 3.63) is 0 Å². The fourth-order valence-corrected chi connectivity index (χ4v) is 5.05. The van der Waals surface area contributed by atoms with Crippen LogP contribution in [0.25, 0.3) is 0 Å². The molecule has 3 aliphatic rings. The summed E-state index contributed by atoms with van der Waals surface area (Å²) in [4.78, 5) is 53.5. The number of hydrogen-bond donors (Lipinski definition) is 3. The fourth-order valence-electron chi connectivity index (χ4n) is 5.05. The van der Waals surface area contributed by atoms with Crippen molar-refractivity contribution in [2.45, 2.75) is 102 Å². The first-order valence-electron chi connectivity index (χ1n) is 12.3. The number of nitrogens with one attached hydrogen (secondary N) is 3. The third kappa shape index (κ3) is 6.19. The number of carbonyl (C=O) groups is 4. The molecule has 2 saturated heterocycles. The van der Waals surface area contributed by atoms with Crippen LogP contribution in [0.4, 0.5) is 4.79 Å². The molecule has 34 heavy (non-hydrogen) atoms. The normalized spacial score (nSPS) is 30.1. The van der Waals surface area contributed by atoms with Crippen LogP contribution in [0, 0.1) is 17.2 Å². The molecule has 0 unspecified atom stereocenters. The number of hydrogen-bond acceptors (Lipinski definition) is 6. The molecule has 2 heterocycles. The summed E-state index contributed by atoms with van der Waals surface area (Å²) in [6.45, 7) is 5.58. The minimum absolute atomic E-state index is 0.0326. The first-order chi connectivity index (χ1) is 16.1. The summed E-state index contributed by atoms with van der Waals surface area (Å²) in [7, 11) is 0. The molecule has 0 aromatic carbocycles. The van der Waals surface area contributed by atoms with Gasteiger partial charge in [-0.1, -0.05) is 25.7 Å². The average Bonchev–Trinajstić information content (AvgIpc) is 3.22. The van der Waals surface area contributed by atoms with Crippen LogP contribution in [0.3, 0.4) is 0 Å². The van der Waals surface area contributed by atoms with E-state index in [4.69, 9.17) is 10.00 Å². The number of carbonyl (C=O) groups excluding carboxylic acids is 4. The molecule has 3 N–H and O–H groups in total. The second-order valence-electron chi connectivity index (χ2n) is 10.6. The molecule has 188 valence electrons. The monoisotopic (exact) mass is 475 g/mol. The molecule has 3 fully saturated rings. The maximum Gasteiger partial charge on any atom is 0.408 e. The van der Waals surface area contributed by atoms with E-state index >= 15 is 0 Å². The number of nitrogens with zero attached hydrogens (tertiary/aromatic N) is 2. The summed E-state index contributed by atoms with van der Waals surface area (Å²) in [5.74, 6) is -0.950. The Bertz CT molecular complexity index is 848. The Morgan fingerprint density at radius 1 is 1.15 bits per heavy atom. The van der Waals surface area contributed by atoms with E-state index < -0.39 is 29.3 Å². The first kappa shape index (κ1) is 25.8. The van der Waals surface area contributed by atoms with Crippen molar-refractivity contribution < 1.29 is 23.9 Å². The van der Waals surface area contributed by atoms with Crippen LogP contribution in [0.1, 0.15) is 78.6 Å². The highest BCUT2D eigenvalue weighted by Crippen LogP contribution is 2.47. The summed E-state index contributed by atoms with van der Waals surface area (Å²) in [5, 5.41) is 17.1. The predicted molar refractivity (Wildman–Crippen MR) is 123 cm³/mol. The van der Waals surface area contributed by atoms with Gasteiger partial charge in [0.1, 0.15) is 29.8 Å². The van der Waals surface area contributed by atoms with Crippen LogP contribution in [0.15, 0.2) is 0 Å². The third-order valence-corrected chi connectivity index (χ3v) is 6.81. The molecule has 0 aromatic heterocycles. The van der Waals surface area contributed by atoms with Crippen LogP contribution >= 0.6 is 0 Å². The summed E-state index contributed by atoms with van der Waals surface area (Å²) >= 11 is 0. The van der Waals surface area contributed by atoms with Crippen molar-refractivity contribution in [1.29, 1.82) is 5.26 Å². The molecule has 3 rings (SSSR count). The smallest absolute Gasteiger partial charge is 0.408 e. The van der Waals surface area contributed by atoms with Crippen molar-refractivity contribution in [2.24, 2.45) is 5.92 Å². The lowest BCUT2D eigenvalue weighted by molar-refractivity contribution is -0.141. The van der Waals surface area contributed by atoms with E-state index in [1.165, 1.54) is 4.90 Å². The Kier molecular flexibility index (Phi) is 8.05. The van der Waals surface area contributed by atoms with E-state index in [2.05, 4.69) is 16.0 Å². The van der Waals surface area contributed by atoms with E-state index in [9.17, 15) is 19.2 Å². The van der Waals surface area contributed by atoms with Gasteiger partial charge in [0, 0.05) is 6.54 Å². The molecule has 10 nitrogen and oxygen atoms in total. The number of rotatable bonds is 3. The Balaban J connectivity index is 1.78. The van der Waals surface area contributed by atoms with Gasteiger partial charge >= 0.3 is 6.09 Å². The van der Waals surface area contributed by atoms with Gasteiger partial charge in [0.2, 0.25) is 17.7 Å². The Hall–Kier alpha value is -2.83. The van der Waals surface area contributed by atoms with Crippen LogP contribution in [0.5, 0.6) is 0 Å². The van der Waals surface area contributed by atoms with Crippen molar-refractivity contribution >= 4 is 23.8 Å². The largest absolute Gasteiger partial charge is 0.444 e. The fraction of sp³-hybridized carbons (Fsp3) is 0.792. The molecular formula is C24H37N5O5. The van der Waals surface area contributed by atoms with Crippen LogP contribution < -0.4 is 16.0 Å². The molecule has 0 aromatic rings. The second-order valence-corrected chi connectivity index (χ2v) is 10.6. The number of fused-ring (bicyclic) bond motifs is 2. The van der Waals surface area contributed by atoms with Crippen LogP contribution in [-0.4, -0.2) is 65.0 Å². The maximum atomic E-state index is 13.5. The summed E-state index contributed by atoms with van der Waals surface area (Å²) in [5.41, 5.74) is -1.70. The van der Waals surface area contributed by atoms with Gasteiger partial charge in [0.05, 0.1) is 6.07 Å². The van der Waals surface area contributed by atoms with Gasteiger partial charge in [0.25, 0.3) is 0 Å². The molecule has 0 spiro atoms. The molecule has 2 aliphatic heterocycles. The molecular weight excluding hydrogens is 438 g/mol. The lowest BCUT2D eigenvalue weighted by atomic mass is 10.0. The van der Waals surface area contributed by atoms with Crippen molar-refractivity contribution in [2.75, 3.05) is 13.1 Å². The standard InChI is InChI=1S/C24H37N5O5/c1-23(2,3)34-22(33)27-17-10-7-5-4-6-9-16-15-24(16,21(32)26-13-12-25)28-19(30)18-11-8-14-29(18)20(17)31/h16-18H,4-11,13-15H2,1-3H3,(H,26,32)(H,27,33)(H,28,30)/t16-,17+,18+,24-/m1/s1. The number of nitriles is 1. The van der Waals surface area contributed by atoms with E-state index in [0.29, 0.717) is 32.2 Å². The number of alkyl carbamates (subject to hydrolysis) is 1. The number of amides is 4. The Morgan fingerprint density at radius 3 is 2.53 bits per heavy atom. The number of ether oxygens (including phenoxy) is 1. The predicted octanol–water partition coefficient (Wildman–Crippen LogP) is 1.74. The lowest BCUT2D eigenvalue weighted by Gasteiger charge is -2.31. The SMILES string of the molecule is CC(C)(C)OC(=O)N[C@H]1CCCCCC[C@@H]2C[C@@]2(C(=O)NCC#N)NC(=O)[C@@H]2CCCN2C1=O. The lowest BCUT2D eigenvalue weighted by Crippen LogP contribution is -2.58. The van der Waals surface area contributed by atoms with Gasteiger partial charge in [-0.05, 0) is 58.8 Å². The van der Waals surface area contributed by atoms with Crippen LogP contribution in [-0.2, 0) is 19.1 Å². The molecule has 4 amide bonds. The zero-order valence-corrected chi connectivity index (χ0v) is 20.4. The van der Waals surface area contributed by atoms with Gasteiger partial charge in [-0.15, -0.1) is 0 Å². The highest BCUT2D eigenvalue weighted by Gasteiger charge is 2.61. The zero-order chi connectivity index (χ0) is 24.9. The van der Waals surface area contributed by atoms with E-state index in [1.54, 1.807) is 20.8 Å². The van der Waals surface area contributed by atoms with Crippen molar-refractivity contribution in [1.82, 2.24) is 20.9 Å². The minimum atomic E-state index is -1.01. The molecule has 1 aliphatic carbocycles. The highest BCUT2D eigenvalue weighted by molar-refractivity contribution is 5.98. The molecule has 0 radical (unpaired) electrons. The molecule has 10 heteroatoms. The third-order valence-electron chi connectivity index (χ3n) is 6.81. The molecule has 0 bridgehead atoms. The van der Waals surface area contributed by atoms with Crippen molar-refractivity contribution in [3.63, 3.8) is 0 Å². The van der Waals surface area contributed by atoms with Crippen LogP contribution in [0.2, 0.25) is 0 Å². The van der Waals surface area contributed by atoms with Gasteiger partial charge in [-0.3, -0.25) is 14.4 Å².